The normalized spacial score (nSPS) is 25.2. The molecular formula is C13H28N2. The Balaban J connectivity index is 2.72. The Kier molecular flexibility index (Phi) is 5.07. The van der Waals surface area contributed by atoms with E-state index in [4.69, 9.17) is 0 Å². The lowest BCUT2D eigenvalue weighted by Gasteiger charge is -2.43. The van der Waals surface area contributed by atoms with Gasteiger partial charge >= 0.3 is 0 Å². The summed E-state index contributed by atoms with van der Waals surface area (Å²) in [6.07, 6.45) is 3.85. The highest BCUT2D eigenvalue weighted by atomic mass is 15.2. The van der Waals surface area contributed by atoms with Crippen molar-refractivity contribution >= 4 is 0 Å². The number of nitrogens with zero attached hydrogens (tertiary/aromatic N) is 1. The fourth-order valence-corrected chi connectivity index (χ4v) is 2.95. The fourth-order valence-electron chi connectivity index (χ4n) is 2.95. The predicted octanol–water partition coefficient (Wildman–Crippen LogP) is 2.50. The fraction of sp³-hybridized carbons (Fsp3) is 1.00. The maximum absolute atomic E-state index is 3.53. The van der Waals surface area contributed by atoms with Gasteiger partial charge in [-0.1, -0.05) is 27.7 Å². The molecule has 1 aliphatic heterocycles. The summed E-state index contributed by atoms with van der Waals surface area (Å²) in [5.41, 5.74) is 0.459. The van der Waals surface area contributed by atoms with Crippen LogP contribution < -0.4 is 5.32 Å². The zero-order chi connectivity index (χ0) is 11.3. The number of hydrogen-bond acceptors (Lipinski definition) is 2. The van der Waals surface area contributed by atoms with E-state index in [0.29, 0.717) is 5.54 Å². The van der Waals surface area contributed by atoms with Gasteiger partial charge in [0.1, 0.15) is 0 Å². The van der Waals surface area contributed by atoms with Crippen molar-refractivity contribution in [2.24, 2.45) is 5.92 Å². The Labute approximate surface area is 95.4 Å². The highest BCUT2D eigenvalue weighted by Gasteiger charge is 2.32. The van der Waals surface area contributed by atoms with E-state index >= 15 is 0 Å². The monoisotopic (exact) mass is 212 g/mol. The Bertz CT molecular complexity index is 167. The average Bonchev–Trinajstić information content (AvgIpc) is 2.47. The molecule has 1 fully saturated rings. The molecule has 0 aromatic carbocycles. The lowest BCUT2D eigenvalue weighted by molar-refractivity contribution is 0.0703. The van der Waals surface area contributed by atoms with Gasteiger partial charge in [0, 0.05) is 25.2 Å². The first-order valence-corrected chi connectivity index (χ1v) is 6.64. The van der Waals surface area contributed by atoms with E-state index in [2.05, 4.69) is 37.9 Å². The molecule has 1 heterocycles. The summed E-state index contributed by atoms with van der Waals surface area (Å²) in [7, 11) is 0. The van der Waals surface area contributed by atoms with Crippen LogP contribution in [0.25, 0.3) is 0 Å². The average molecular weight is 212 g/mol. The molecule has 0 aromatic heterocycles. The van der Waals surface area contributed by atoms with E-state index in [1.165, 1.54) is 38.9 Å². The van der Waals surface area contributed by atoms with Crippen molar-refractivity contribution in [3.63, 3.8) is 0 Å². The highest BCUT2D eigenvalue weighted by Crippen LogP contribution is 2.28. The molecule has 0 radical (unpaired) electrons. The first-order chi connectivity index (χ1) is 7.18. The first-order valence-electron chi connectivity index (χ1n) is 6.64. The van der Waals surface area contributed by atoms with Gasteiger partial charge in [0.25, 0.3) is 0 Å². The smallest absolute Gasteiger partial charge is 0.0202 e. The van der Waals surface area contributed by atoms with Crippen molar-refractivity contribution in [3.8, 4) is 0 Å². The van der Waals surface area contributed by atoms with E-state index < -0.39 is 0 Å². The predicted molar refractivity (Wildman–Crippen MR) is 67.2 cm³/mol. The molecule has 1 atom stereocenters. The molecule has 15 heavy (non-hydrogen) atoms. The van der Waals surface area contributed by atoms with Crippen LogP contribution in [0.15, 0.2) is 0 Å². The van der Waals surface area contributed by atoms with E-state index in [9.17, 15) is 0 Å². The van der Waals surface area contributed by atoms with Gasteiger partial charge in [0.15, 0.2) is 0 Å². The van der Waals surface area contributed by atoms with Crippen LogP contribution in [0.1, 0.15) is 47.0 Å². The molecule has 1 N–H and O–H groups in total. The molecule has 90 valence electrons. The molecule has 0 bridgehead atoms. The topological polar surface area (TPSA) is 15.3 Å². The molecule has 0 saturated carbocycles. The molecule has 1 aliphatic rings. The lowest BCUT2D eigenvalue weighted by atomic mass is 9.87. The maximum Gasteiger partial charge on any atom is 0.0202 e. The van der Waals surface area contributed by atoms with Gasteiger partial charge in [-0.3, -0.25) is 4.90 Å². The van der Waals surface area contributed by atoms with Gasteiger partial charge < -0.3 is 5.32 Å². The van der Waals surface area contributed by atoms with Crippen LogP contribution in [0, 0.1) is 5.92 Å². The van der Waals surface area contributed by atoms with Crippen molar-refractivity contribution in [3.05, 3.63) is 0 Å². The second-order valence-corrected chi connectivity index (χ2v) is 5.04. The molecule has 1 saturated heterocycles. The molecule has 2 heteroatoms. The molecule has 2 nitrogen and oxygen atoms in total. The Hall–Kier alpha value is -0.0800. The summed E-state index contributed by atoms with van der Waals surface area (Å²) in [4.78, 5) is 2.73. The molecule has 0 aliphatic carbocycles. The summed E-state index contributed by atoms with van der Waals surface area (Å²) < 4.78 is 0. The Morgan fingerprint density at radius 2 is 1.80 bits per heavy atom. The molecule has 1 unspecified atom stereocenters. The molecular weight excluding hydrogens is 184 g/mol. The summed E-state index contributed by atoms with van der Waals surface area (Å²) in [6, 6.07) is 0. The summed E-state index contributed by atoms with van der Waals surface area (Å²) in [6.45, 7) is 14.2. The summed E-state index contributed by atoms with van der Waals surface area (Å²) >= 11 is 0. The van der Waals surface area contributed by atoms with Crippen LogP contribution >= 0.6 is 0 Å². The van der Waals surface area contributed by atoms with Crippen molar-refractivity contribution in [1.82, 2.24) is 10.2 Å². The van der Waals surface area contributed by atoms with E-state index in [0.717, 1.165) is 12.5 Å². The number of rotatable bonds is 4. The summed E-state index contributed by atoms with van der Waals surface area (Å²) in [5.74, 6) is 0.788. The van der Waals surface area contributed by atoms with Gasteiger partial charge in [0.05, 0.1) is 0 Å². The van der Waals surface area contributed by atoms with Crippen molar-refractivity contribution in [2.45, 2.75) is 52.5 Å². The van der Waals surface area contributed by atoms with Gasteiger partial charge in [-0.2, -0.15) is 0 Å². The molecule has 1 rings (SSSR count). The zero-order valence-electron chi connectivity index (χ0n) is 11.0. The second kappa shape index (κ2) is 5.86. The quantitative estimate of drug-likeness (QED) is 0.770. The van der Waals surface area contributed by atoms with Gasteiger partial charge in [-0.25, -0.2) is 0 Å². The Morgan fingerprint density at radius 3 is 2.33 bits per heavy atom. The summed E-state index contributed by atoms with van der Waals surface area (Å²) in [5, 5.41) is 3.53. The van der Waals surface area contributed by atoms with Crippen molar-refractivity contribution in [2.75, 3.05) is 26.2 Å². The van der Waals surface area contributed by atoms with Gasteiger partial charge in [-0.15, -0.1) is 0 Å². The van der Waals surface area contributed by atoms with E-state index in [-0.39, 0.29) is 0 Å². The third-order valence-electron chi connectivity index (χ3n) is 4.23. The third kappa shape index (κ3) is 2.94. The minimum atomic E-state index is 0.459. The lowest BCUT2D eigenvalue weighted by Crippen LogP contribution is -2.49. The SMILES string of the molecule is CCC(CC)(CC)N1CCNCC(C)C1. The maximum atomic E-state index is 3.53. The van der Waals surface area contributed by atoms with Crippen LogP contribution in [0.5, 0.6) is 0 Å². The first kappa shape index (κ1) is 13.0. The number of hydrogen-bond donors (Lipinski definition) is 1. The second-order valence-electron chi connectivity index (χ2n) is 5.04. The van der Waals surface area contributed by atoms with Crippen LogP contribution in [0.4, 0.5) is 0 Å². The van der Waals surface area contributed by atoms with Crippen molar-refractivity contribution < 1.29 is 0 Å². The number of nitrogens with one attached hydrogen (secondary N) is 1. The van der Waals surface area contributed by atoms with E-state index in [1.54, 1.807) is 0 Å². The highest BCUT2D eigenvalue weighted by molar-refractivity contribution is 4.89. The largest absolute Gasteiger partial charge is 0.315 e. The molecule has 0 amide bonds. The zero-order valence-corrected chi connectivity index (χ0v) is 11.0. The van der Waals surface area contributed by atoms with Crippen LogP contribution in [-0.2, 0) is 0 Å². The van der Waals surface area contributed by atoms with Crippen LogP contribution in [0.3, 0.4) is 0 Å². The third-order valence-corrected chi connectivity index (χ3v) is 4.23. The van der Waals surface area contributed by atoms with Gasteiger partial charge in [0.2, 0.25) is 0 Å². The molecule has 0 aromatic rings. The minimum Gasteiger partial charge on any atom is -0.315 e. The minimum absolute atomic E-state index is 0.459. The van der Waals surface area contributed by atoms with Crippen LogP contribution in [-0.4, -0.2) is 36.6 Å². The standard InChI is InChI=1S/C13H28N2/c1-5-13(6-2,7-3)15-9-8-14-10-12(4)11-15/h12,14H,5-11H2,1-4H3. The Morgan fingerprint density at radius 1 is 1.20 bits per heavy atom. The van der Waals surface area contributed by atoms with Gasteiger partial charge in [-0.05, 0) is 31.7 Å². The van der Waals surface area contributed by atoms with Crippen molar-refractivity contribution in [1.29, 1.82) is 0 Å². The van der Waals surface area contributed by atoms with E-state index in [1.807, 2.05) is 0 Å². The van der Waals surface area contributed by atoms with Crippen LogP contribution in [0.2, 0.25) is 0 Å². The molecule has 0 spiro atoms.